The Hall–Kier alpha value is -5.13. The van der Waals surface area contributed by atoms with E-state index in [9.17, 15) is 19.5 Å². The number of nitrogens with two attached hydrogens (primary N) is 1. The van der Waals surface area contributed by atoms with Crippen LogP contribution in [0.3, 0.4) is 0 Å². The van der Waals surface area contributed by atoms with Crippen molar-refractivity contribution in [3.05, 3.63) is 107 Å². The molecule has 0 saturated carbocycles. The highest BCUT2D eigenvalue weighted by Crippen LogP contribution is 2.46. The molecule has 2 amide bonds. The predicted octanol–water partition coefficient (Wildman–Crippen LogP) is 7.99. The molecule has 300 valence electrons. The Balaban J connectivity index is 0.932. The molecule has 1 aliphatic heterocycles. The van der Waals surface area contributed by atoms with Crippen molar-refractivity contribution >= 4 is 63.1 Å². The Morgan fingerprint density at radius 1 is 0.825 bits per heavy atom. The van der Waals surface area contributed by atoms with E-state index in [0.29, 0.717) is 25.8 Å². The second-order valence-electron chi connectivity index (χ2n) is 15.0. The number of carboxylic acid groups (broad SMARTS) is 1. The third-order valence-electron chi connectivity index (χ3n) is 10.8. The van der Waals surface area contributed by atoms with Crippen LogP contribution in [0, 0.1) is 0 Å². The van der Waals surface area contributed by atoms with E-state index in [2.05, 4.69) is 99.0 Å². The average Bonchev–Trinajstić information content (AvgIpc) is 3.79. The fraction of sp³-hybridized carbons (Fsp3) is 0.391. The van der Waals surface area contributed by atoms with Gasteiger partial charge in [-0.2, -0.15) is 0 Å². The van der Waals surface area contributed by atoms with Gasteiger partial charge in [-0.1, -0.05) is 92.8 Å². The lowest BCUT2D eigenvalue weighted by Crippen LogP contribution is -2.52. The second kappa shape index (κ2) is 20.9. The van der Waals surface area contributed by atoms with Crippen LogP contribution >= 0.6 is 11.8 Å². The van der Waals surface area contributed by atoms with E-state index in [-0.39, 0.29) is 18.7 Å². The largest absolute Gasteiger partial charge is 0.480 e. The molecular formula is C46H57N6O4S+. The molecule has 1 aliphatic rings. The molecule has 5 aromatic rings. The fourth-order valence-electron chi connectivity index (χ4n) is 7.67. The van der Waals surface area contributed by atoms with Crippen molar-refractivity contribution in [3.63, 3.8) is 0 Å². The zero-order valence-electron chi connectivity index (χ0n) is 33.1. The van der Waals surface area contributed by atoms with Gasteiger partial charge in [0, 0.05) is 53.5 Å². The Morgan fingerprint density at radius 2 is 1.53 bits per heavy atom. The Bertz CT molecular complexity index is 2170. The van der Waals surface area contributed by atoms with E-state index < -0.39 is 24.0 Å². The van der Waals surface area contributed by atoms with Gasteiger partial charge in [-0.3, -0.25) is 9.59 Å². The lowest BCUT2D eigenvalue weighted by Gasteiger charge is -2.21. The van der Waals surface area contributed by atoms with Crippen LogP contribution in [0.2, 0.25) is 0 Å². The Kier molecular flexibility index (Phi) is 15.2. The quantitative estimate of drug-likeness (QED) is 0.0353. The van der Waals surface area contributed by atoms with E-state index in [0.717, 1.165) is 61.5 Å². The smallest absolute Gasteiger partial charge is 0.326 e. The zero-order chi connectivity index (χ0) is 40.0. The van der Waals surface area contributed by atoms with Crippen LogP contribution in [0.5, 0.6) is 0 Å². The number of rotatable bonds is 22. The maximum absolute atomic E-state index is 13.5. The van der Waals surface area contributed by atoms with Crippen LogP contribution in [0.15, 0.2) is 101 Å². The summed E-state index contributed by atoms with van der Waals surface area (Å²) < 4.78 is 2.17. The van der Waals surface area contributed by atoms with Crippen molar-refractivity contribution in [2.24, 2.45) is 12.8 Å². The van der Waals surface area contributed by atoms with E-state index in [1.807, 2.05) is 42.2 Å². The van der Waals surface area contributed by atoms with Gasteiger partial charge in [0.25, 0.3) is 0 Å². The summed E-state index contributed by atoms with van der Waals surface area (Å²) in [5.74, 6) is -1.79. The minimum atomic E-state index is -1.09. The number of H-pyrrole nitrogens is 1. The summed E-state index contributed by atoms with van der Waals surface area (Å²) in [5.41, 5.74) is 11.1. The summed E-state index contributed by atoms with van der Waals surface area (Å²) >= 11 is 1.85. The summed E-state index contributed by atoms with van der Waals surface area (Å²) in [5, 5.41) is 18.8. The molecule has 0 radical (unpaired) electrons. The number of nitrogens with zero attached hydrogens (tertiary/aromatic N) is 2. The minimum Gasteiger partial charge on any atom is -0.480 e. The number of para-hydroxylation sites is 3. The highest BCUT2D eigenvalue weighted by atomic mass is 32.2. The number of carbonyl (C=O) groups is 3. The number of aryl methyl sites for hydroxylation is 1. The Labute approximate surface area is 340 Å². The molecule has 0 saturated heterocycles. The summed E-state index contributed by atoms with van der Waals surface area (Å²) in [7, 11) is 2.09. The first-order chi connectivity index (χ1) is 27.8. The number of anilines is 1. The molecule has 0 bridgehead atoms. The van der Waals surface area contributed by atoms with Crippen molar-refractivity contribution in [3.8, 4) is 0 Å². The molecule has 0 aliphatic carbocycles. The number of aromatic amines is 1. The summed E-state index contributed by atoms with van der Waals surface area (Å²) in [6.45, 7) is 1.44. The molecule has 3 aromatic carbocycles. The number of hydrogen-bond donors (Lipinski definition) is 5. The number of hydrogen-bond acceptors (Lipinski definition) is 6. The number of carbonyl (C=O) groups excluding carboxylic acids is 2. The first-order valence-electron chi connectivity index (χ1n) is 20.5. The van der Waals surface area contributed by atoms with Gasteiger partial charge in [0.15, 0.2) is 6.20 Å². The summed E-state index contributed by atoms with van der Waals surface area (Å²) in [6.07, 6.45) is 16.9. The van der Waals surface area contributed by atoms with Gasteiger partial charge in [-0.15, -0.1) is 0 Å². The van der Waals surface area contributed by atoms with Gasteiger partial charge in [-0.05, 0) is 80.1 Å². The molecule has 0 spiro atoms. The van der Waals surface area contributed by atoms with Crippen LogP contribution < -0.4 is 25.8 Å². The molecule has 0 fully saturated rings. The van der Waals surface area contributed by atoms with E-state index in [1.54, 1.807) is 0 Å². The number of amides is 2. The third kappa shape index (κ3) is 11.3. The summed E-state index contributed by atoms with van der Waals surface area (Å²) in [4.78, 5) is 45.5. The average molecular weight is 790 g/mol. The van der Waals surface area contributed by atoms with Crippen LogP contribution in [0.25, 0.3) is 27.9 Å². The molecule has 6 rings (SSSR count). The zero-order valence-corrected chi connectivity index (χ0v) is 33.9. The molecule has 10 nitrogen and oxygen atoms in total. The molecule has 2 atom stereocenters. The van der Waals surface area contributed by atoms with Gasteiger partial charge >= 0.3 is 5.97 Å². The maximum atomic E-state index is 13.5. The number of nitrogens with one attached hydrogen (secondary N) is 3. The predicted molar refractivity (Wildman–Crippen MR) is 231 cm³/mol. The van der Waals surface area contributed by atoms with Gasteiger partial charge in [0.1, 0.15) is 19.1 Å². The van der Waals surface area contributed by atoms with Crippen LogP contribution in [-0.2, 0) is 27.9 Å². The van der Waals surface area contributed by atoms with Crippen molar-refractivity contribution in [1.29, 1.82) is 0 Å². The number of unbranched alkanes of at least 4 members (excludes halogenated alkanes) is 8. The summed E-state index contributed by atoms with van der Waals surface area (Å²) in [6, 6.07) is 25.3. The number of aromatic nitrogens is 2. The van der Waals surface area contributed by atoms with Crippen molar-refractivity contribution in [1.82, 2.24) is 15.6 Å². The standard InChI is InChI=1S/C46H56N6O4S/c1-51-29-26-33(36-19-10-12-22-40(36)51)31-44-52(41-23-13-14-24-42(41)57-44)28-17-7-5-3-2-4-6-8-25-43(53)49-39(30-34-32-48-37-20-11-9-18-35(34)37)45(54)50-38(46(55)56)21-15-16-27-47/h9-14,18-20,22-24,26,29,31-32,38-39,48H,2-8,15-17,21,25,27-28,30,47H2,1H3,(H2-,49,50,53,54,55,56)/p+1/t38-,39-/m0/s1. The van der Waals surface area contributed by atoms with Crippen molar-refractivity contribution in [2.75, 3.05) is 18.0 Å². The topological polar surface area (TPSA) is 144 Å². The van der Waals surface area contributed by atoms with Gasteiger partial charge < -0.3 is 31.4 Å². The first-order valence-corrected chi connectivity index (χ1v) is 21.3. The number of thioether (sulfide) groups is 1. The maximum Gasteiger partial charge on any atom is 0.326 e. The molecular weight excluding hydrogens is 733 g/mol. The lowest BCUT2D eigenvalue weighted by atomic mass is 10.0. The third-order valence-corrected chi connectivity index (χ3v) is 11.9. The number of fused-ring (bicyclic) bond motifs is 3. The van der Waals surface area contributed by atoms with Crippen LogP contribution in [0.1, 0.15) is 88.2 Å². The molecule has 57 heavy (non-hydrogen) atoms. The van der Waals surface area contributed by atoms with Gasteiger partial charge in [-0.25, -0.2) is 9.36 Å². The molecule has 6 N–H and O–H groups in total. The van der Waals surface area contributed by atoms with E-state index in [4.69, 9.17) is 5.73 Å². The Morgan fingerprint density at radius 3 is 2.32 bits per heavy atom. The highest BCUT2D eigenvalue weighted by molar-refractivity contribution is 8.03. The van der Waals surface area contributed by atoms with Crippen molar-refractivity contribution in [2.45, 2.75) is 100 Å². The number of benzene rings is 3. The normalized spacial score (nSPS) is 14.2. The first kappa shape index (κ1) is 41.5. The van der Waals surface area contributed by atoms with Crippen LogP contribution in [0.4, 0.5) is 5.69 Å². The van der Waals surface area contributed by atoms with Gasteiger partial charge in [0.2, 0.25) is 17.3 Å². The lowest BCUT2D eigenvalue weighted by molar-refractivity contribution is -0.644. The van der Waals surface area contributed by atoms with Crippen molar-refractivity contribution < 1.29 is 24.1 Å². The number of pyridine rings is 1. The SMILES string of the molecule is C[n+]1ccc(C=C2Sc3ccccc3N2CCCCCCCCCCC(=O)N[C@@H](Cc2c[nH]c3ccccc23)C(=O)N[C@@H](CCCCN)C(=O)O)c2ccccc21. The number of aliphatic carboxylic acids is 1. The van der Waals surface area contributed by atoms with E-state index in [1.165, 1.54) is 44.9 Å². The monoisotopic (exact) mass is 789 g/mol. The van der Waals surface area contributed by atoms with Gasteiger partial charge in [0.05, 0.1) is 16.1 Å². The fourth-order valence-corrected chi connectivity index (χ4v) is 8.81. The van der Waals surface area contributed by atoms with Crippen LogP contribution in [-0.4, -0.2) is 53.0 Å². The minimum absolute atomic E-state index is 0.200. The van der Waals surface area contributed by atoms with E-state index >= 15 is 0 Å². The molecule has 3 heterocycles. The molecule has 11 heteroatoms. The second-order valence-corrected chi connectivity index (χ2v) is 16.1. The number of carboxylic acids is 1. The highest BCUT2D eigenvalue weighted by Gasteiger charge is 2.28. The molecule has 0 unspecified atom stereocenters. The molecule has 2 aromatic heterocycles.